The van der Waals surface area contributed by atoms with Gasteiger partial charge in [0.25, 0.3) is 5.91 Å². The molecule has 1 aromatic rings. The Kier molecular flexibility index (Phi) is 4.19. The lowest BCUT2D eigenvalue weighted by atomic mass is 9.68. The van der Waals surface area contributed by atoms with Crippen molar-refractivity contribution in [1.82, 2.24) is 4.90 Å². The van der Waals surface area contributed by atoms with E-state index in [0.717, 1.165) is 40.2 Å². The van der Waals surface area contributed by atoms with Crippen LogP contribution in [0.25, 0.3) is 0 Å². The molecular weight excluding hydrogens is 400 g/mol. The normalized spacial score (nSPS) is 34.2. The Morgan fingerprint density at radius 2 is 2.24 bits per heavy atom. The molecule has 0 saturated heterocycles. The summed E-state index contributed by atoms with van der Waals surface area (Å²) in [6.45, 7) is 2.28. The Balaban J connectivity index is 1.89. The lowest BCUT2D eigenvalue weighted by molar-refractivity contribution is -0.135. The monoisotopic (exact) mass is 422 g/mol. The van der Waals surface area contributed by atoms with Gasteiger partial charge < -0.3 is 4.74 Å². The molecular formula is C19H23BrN2O2S. The van der Waals surface area contributed by atoms with Crippen LogP contribution in [0.3, 0.4) is 0 Å². The Bertz CT molecular complexity index is 768. The van der Waals surface area contributed by atoms with E-state index in [0.29, 0.717) is 12.3 Å². The second-order valence-electron chi connectivity index (χ2n) is 7.63. The van der Waals surface area contributed by atoms with Gasteiger partial charge in [-0.25, -0.2) is 4.99 Å². The van der Waals surface area contributed by atoms with Crippen molar-refractivity contribution in [3.8, 4) is 5.75 Å². The molecule has 2 heterocycles. The number of aliphatic imine (C=N–C) groups is 1. The summed E-state index contributed by atoms with van der Waals surface area (Å²) in [5, 5.41) is 0.789. The minimum absolute atomic E-state index is 0.0668. The molecule has 6 heteroatoms. The fraction of sp³-hybridized carbons (Fsp3) is 0.579. The standard InChI is InChI=1S/C19H23BrN2O2S/c1-12-5-4-8-18(10-12)11-19(16(23)22(2)17(21-19)25-3)14-9-13(20)6-7-15(14)24-18/h6-7,9,12H,4-5,8,10-11H2,1-3H3. The number of amidine groups is 1. The highest BCUT2D eigenvalue weighted by atomic mass is 79.9. The molecule has 4 rings (SSSR count). The Hall–Kier alpha value is -1.01. The van der Waals surface area contributed by atoms with Crippen molar-refractivity contribution in [2.75, 3.05) is 13.3 Å². The van der Waals surface area contributed by atoms with Crippen molar-refractivity contribution in [1.29, 1.82) is 0 Å². The van der Waals surface area contributed by atoms with E-state index in [-0.39, 0.29) is 11.5 Å². The molecule has 134 valence electrons. The number of ether oxygens (including phenoxy) is 1. The zero-order valence-electron chi connectivity index (χ0n) is 14.8. The number of rotatable bonds is 0. The van der Waals surface area contributed by atoms with Crippen LogP contribution in [0.4, 0.5) is 0 Å². The second kappa shape index (κ2) is 6.02. The maximum absolute atomic E-state index is 13.4. The minimum atomic E-state index is -0.846. The summed E-state index contributed by atoms with van der Waals surface area (Å²) in [5.74, 6) is 1.49. The number of likely N-dealkylation sites (N-methyl/N-ethyl adjacent to an activating group) is 1. The zero-order valence-corrected chi connectivity index (χ0v) is 17.2. The highest BCUT2D eigenvalue weighted by molar-refractivity contribution is 9.10. The fourth-order valence-corrected chi connectivity index (χ4v) is 5.70. The van der Waals surface area contributed by atoms with Crippen molar-refractivity contribution in [3.63, 3.8) is 0 Å². The first-order valence-corrected chi connectivity index (χ1v) is 10.8. The number of amides is 1. The van der Waals surface area contributed by atoms with Crippen LogP contribution in [0.2, 0.25) is 0 Å². The molecule has 0 bridgehead atoms. The first-order chi connectivity index (χ1) is 11.9. The van der Waals surface area contributed by atoms with Gasteiger partial charge in [0.15, 0.2) is 10.7 Å². The van der Waals surface area contributed by atoms with Gasteiger partial charge in [-0.15, -0.1) is 0 Å². The van der Waals surface area contributed by atoms with Gasteiger partial charge in [-0.2, -0.15) is 0 Å². The van der Waals surface area contributed by atoms with Crippen molar-refractivity contribution in [2.24, 2.45) is 10.9 Å². The van der Waals surface area contributed by atoms with Crippen LogP contribution in [-0.2, 0) is 10.3 Å². The lowest BCUT2D eigenvalue weighted by Gasteiger charge is -2.48. The van der Waals surface area contributed by atoms with Gasteiger partial charge in [0, 0.05) is 23.5 Å². The number of fused-ring (bicyclic) bond motifs is 2. The zero-order chi connectivity index (χ0) is 17.8. The largest absolute Gasteiger partial charge is 0.487 e. The summed E-state index contributed by atoms with van der Waals surface area (Å²) in [5.41, 5.74) is -0.236. The van der Waals surface area contributed by atoms with E-state index in [1.807, 2.05) is 31.5 Å². The Morgan fingerprint density at radius 1 is 1.44 bits per heavy atom. The molecule has 3 unspecified atom stereocenters. The lowest BCUT2D eigenvalue weighted by Crippen LogP contribution is -2.53. The van der Waals surface area contributed by atoms with Gasteiger partial charge in [0.05, 0.1) is 0 Å². The van der Waals surface area contributed by atoms with Crippen molar-refractivity contribution >= 4 is 38.8 Å². The van der Waals surface area contributed by atoms with Crippen molar-refractivity contribution < 1.29 is 9.53 Å². The smallest absolute Gasteiger partial charge is 0.261 e. The molecule has 1 aromatic carbocycles. The molecule has 2 aliphatic heterocycles. The maximum atomic E-state index is 13.4. The summed E-state index contributed by atoms with van der Waals surface area (Å²) in [6.07, 6.45) is 6.98. The average Bonchev–Trinajstić information content (AvgIpc) is 2.81. The molecule has 1 saturated carbocycles. The number of carbonyl (C=O) groups excluding carboxylic acids is 1. The number of nitrogens with zero attached hydrogens (tertiary/aromatic N) is 2. The highest BCUT2D eigenvalue weighted by Crippen LogP contribution is 2.54. The third-order valence-electron chi connectivity index (χ3n) is 5.76. The molecule has 3 atom stereocenters. The molecule has 0 N–H and O–H groups in total. The van der Waals surface area contributed by atoms with Crippen LogP contribution in [0, 0.1) is 5.92 Å². The predicted molar refractivity (Wildman–Crippen MR) is 105 cm³/mol. The number of halogens is 1. The van der Waals surface area contributed by atoms with E-state index >= 15 is 0 Å². The van der Waals surface area contributed by atoms with Gasteiger partial charge in [-0.05, 0) is 49.6 Å². The highest BCUT2D eigenvalue weighted by Gasteiger charge is 2.58. The number of hydrogen-bond donors (Lipinski definition) is 0. The molecule has 0 aromatic heterocycles. The third-order valence-corrected chi connectivity index (χ3v) is 6.98. The topological polar surface area (TPSA) is 41.9 Å². The molecule has 1 amide bonds. The molecule has 2 spiro atoms. The van der Waals surface area contributed by atoms with Crippen molar-refractivity contribution in [2.45, 2.75) is 50.2 Å². The summed E-state index contributed by atoms with van der Waals surface area (Å²) >= 11 is 5.08. The predicted octanol–water partition coefficient (Wildman–Crippen LogP) is 4.57. The van der Waals surface area contributed by atoms with E-state index < -0.39 is 5.54 Å². The van der Waals surface area contributed by atoms with Crippen LogP contribution < -0.4 is 4.74 Å². The van der Waals surface area contributed by atoms with E-state index in [2.05, 4.69) is 22.9 Å². The Labute approximate surface area is 161 Å². The Morgan fingerprint density at radius 3 is 2.92 bits per heavy atom. The molecule has 1 fully saturated rings. The number of carbonyl (C=O) groups is 1. The summed E-state index contributed by atoms with van der Waals surface area (Å²) in [6, 6.07) is 5.98. The van der Waals surface area contributed by atoms with Gasteiger partial charge in [-0.1, -0.05) is 41.0 Å². The van der Waals surface area contributed by atoms with Crippen LogP contribution in [0.15, 0.2) is 27.7 Å². The van der Waals surface area contributed by atoms with E-state index in [1.54, 1.807) is 4.90 Å². The summed E-state index contributed by atoms with van der Waals surface area (Å²) < 4.78 is 7.51. The number of hydrogen-bond acceptors (Lipinski definition) is 4. The molecule has 1 aliphatic carbocycles. The molecule has 25 heavy (non-hydrogen) atoms. The van der Waals surface area contributed by atoms with Gasteiger partial charge >= 0.3 is 0 Å². The summed E-state index contributed by atoms with van der Waals surface area (Å²) in [4.78, 5) is 20.0. The van der Waals surface area contributed by atoms with E-state index in [9.17, 15) is 4.79 Å². The number of benzene rings is 1. The maximum Gasteiger partial charge on any atom is 0.261 e. The van der Waals surface area contributed by atoms with Crippen LogP contribution >= 0.6 is 27.7 Å². The van der Waals surface area contributed by atoms with E-state index in [4.69, 9.17) is 9.73 Å². The summed E-state index contributed by atoms with van der Waals surface area (Å²) in [7, 11) is 1.83. The van der Waals surface area contributed by atoms with Crippen molar-refractivity contribution in [3.05, 3.63) is 28.2 Å². The second-order valence-corrected chi connectivity index (χ2v) is 9.32. The molecule has 0 radical (unpaired) electrons. The fourth-order valence-electron chi connectivity index (χ4n) is 4.73. The average molecular weight is 423 g/mol. The minimum Gasteiger partial charge on any atom is -0.487 e. The van der Waals surface area contributed by atoms with Crippen LogP contribution in [0.1, 0.15) is 44.6 Å². The van der Waals surface area contributed by atoms with Gasteiger partial charge in [0.2, 0.25) is 0 Å². The molecule has 3 aliphatic rings. The quantitative estimate of drug-likeness (QED) is 0.614. The third kappa shape index (κ3) is 2.64. The molecule has 4 nitrogen and oxygen atoms in total. The van der Waals surface area contributed by atoms with Gasteiger partial charge in [0.1, 0.15) is 11.4 Å². The first kappa shape index (κ1) is 17.4. The SMILES string of the molecule is CSC1=NC2(CC3(CCCC(C)C3)Oc3ccc(Br)cc32)C(=O)N1C. The van der Waals surface area contributed by atoms with Gasteiger partial charge in [-0.3, -0.25) is 9.69 Å². The van der Waals surface area contributed by atoms with Crippen LogP contribution in [-0.4, -0.2) is 34.9 Å². The van der Waals surface area contributed by atoms with Crippen LogP contribution in [0.5, 0.6) is 5.75 Å². The van der Waals surface area contributed by atoms with E-state index in [1.165, 1.54) is 18.2 Å². The first-order valence-electron chi connectivity index (χ1n) is 8.80. The number of thioether (sulfide) groups is 1.